The van der Waals surface area contributed by atoms with Gasteiger partial charge in [-0.3, -0.25) is 10.1 Å². The van der Waals surface area contributed by atoms with E-state index in [1.807, 2.05) is 6.92 Å². The van der Waals surface area contributed by atoms with Crippen LogP contribution in [0.1, 0.15) is 33.6 Å². The normalized spacial score (nSPS) is 12.4. The van der Waals surface area contributed by atoms with E-state index in [0.29, 0.717) is 11.6 Å². The first-order chi connectivity index (χ1) is 8.40. The van der Waals surface area contributed by atoms with Gasteiger partial charge < -0.3 is 10.4 Å². The number of phenolic OH excluding ortho intramolecular Hbond substituents is 1. The SMILES string of the molecule is CC(C)CCC(C)Nc1ccc(O)cc1[N+](=O)[O-]. The Morgan fingerprint density at radius 2 is 2.00 bits per heavy atom. The molecule has 5 nitrogen and oxygen atoms in total. The Hall–Kier alpha value is -1.78. The van der Waals surface area contributed by atoms with Gasteiger partial charge in [-0.1, -0.05) is 13.8 Å². The summed E-state index contributed by atoms with van der Waals surface area (Å²) in [6.07, 6.45) is 2.02. The molecule has 0 aliphatic heterocycles. The predicted octanol–water partition coefficient (Wildman–Crippen LogP) is 3.54. The minimum Gasteiger partial charge on any atom is -0.508 e. The van der Waals surface area contributed by atoms with Crippen molar-refractivity contribution in [1.82, 2.24) is 0 Å². The van der Waals surface area contributed by atoms with E-state index in [1.54, 1.807) is 6.07 Å². The molecule has 18 heavy (non-hydrogen) atoms. The van der Waals surface area contributed by atoms with Crippen LogP contribution in [0.5, 0.6) is 5.75 Å². The molecule has 0 radical (unpaired) electrons. The molecule has 1 aromatic rings. The van der Waals surface area contributed by atoms with Crippen LogP contribution in [-0.4, -0.2) is 16.1 Å². The Bertz CT molecular complexity index is 419. The second kappa shape index (κ2) is 6.23. The highest BCUT2D eigenvalue weighted by atomic mass is 16.6. The van der Waals surface area contributed by atoms with Crippen molar-refractivity contribution in [3.8, 4) is 5.75 Å². The summed E-state index contributed by atoms with van der Waals surface area (Å²) in [5.74, 6) is 0.520. The van der Waals surface area contributed by atoms with Gasteiger partial charge in [-0.25, -0.2) is 0 Å². The van der Waals surface area contributed by atoms with Gasteiger partial charge in [-0.05, 0) is 37.8 Å². The van der Waals surface area contributed by atoms with Crippen molar-refractivity contribution in [3.05, 3.63) is 28.3 Å². The van der Waals surface area contributed by atoms with E-state index in [1.165, 1.54) is 6.07 Å². The van der Waals surface area contributed by atoms with Crippen molar-refractivity contribution in [1.29, 1.82) is 0 Å². The fourth-order valence-electron chi connectivity index (χ4n) is 1.71. The number of aromatic hydroxyl groups is 1. The molecule has 1 rings (SSSR count). The maximum atomic E-state index is 10.9. The molecule has 0 bridgehead atoms. The molecule has 0 amide bonds. The molecule has 0 spiro atoms. The van der Waals surface area contributed by atoms with Crippen LogP contribution in [0.25, 0.3) is 0 Å². The number of nitro benzene ring substituents is 1. The van der Waals surface area contributed by atoms with Crippen molar-refractivity contribution >= 4 is 11.4 Å². The molecule has 0 fully saturated rings. The van der Waals surface area contributed by atoms with E-state index in [2.05, 4.69) is 19.2 Å². The summed E-state index contributed by atoms with van der Waals surface area (Å²) in [6.45, 7) is 6.30. The molecule has 2 N–H and O–H groups in total. The lowest BCUT2D eigenvalue weighted by Gasteiger charge is -2.16. The zero-order valence-electron chi connectivity index (χ0n) is 11.0. The van der Waals surface area contributed by atoms with Crippen molar-refractivity contribution < 1.29 is 10.0 Å². The number of benzene rings is 1. The molecule has 5 heteroatoms. The molecule has 0 aliphatic carbocycles. The van der Waals surface area contributed by atoms with Gasteiger partial charge in [-0.2, -0.15) is 0 Å². The summed E-state index contributed by atoms with van der Waals surface area (Å²) < 4.78 is 0. The van der Waals surface area contributed by atoms with Gasteiger partial charge in [0, 0.05) is 6.04 Å². The molecule has 1 atom stereocenters. The van der Waals surface area contributed by atoms with E-state index in [9.17, 15) is 15.2 Å². The van der Waals surface area contributed by atoms with E-state index in [4.69, 9.17) is 0 Å². The predicted molar refractivity (Wildman–Crippen MR) is 71.9 cm³/mol. The van der Waals surface area contributed by atoms with Gasteiger partial charge in [0.1, 0.15) is 11.4 Å². The van der Waals surface area contributed by atoms with Crippen molar-refractivity contribution in [2.45, 2.75) is 39.7 Å². The van der Waals surface area contributed by atoms with Crippen LogP contribution in [0.2, 0.25) is 0 Å². The summed E-state index contributed by atoms with van der Waals surface area (Å²) in [7, 11) is 0. The van der Waals surface area contributed by atoms with Gasteiger partial charge in [0.25, 0.3) is 5.69 Å². The molecule has 0 aliphatic rings. The topological polar surface area (TPSA) is 75.4 Å². The standard InChI is InChI=1S/C13H20N2O3/c1-9(2)4-5-10(3)14-12-7-6-11(16)8-13(12)15(17)18/h6-10,14,16H,4-5H2,1-3H3. The first kappa shape index (κ1) is 14.3. The minimum absolute atomic E-state index is 0.0913. The van der Waals surface area contributed by atoms with Gasteiger partial charge in [-0.15, -0.1) is 0 Å². The molecule has 100 valence electrons. The Morgan fingerprint density at radius 3 is 2.56 bits per heavy atom. The smallest absolute Gasteiger partial charge is 0.296 e. The van der Waals surface area contributed by atoms with Crippen molar-refractivity contribution in [2.75, 3.05) is 5.32 Å². The van der Waals surface area contributed by atoms with Gasteiger partial charge in [0.15, 0.2) is 0 Å². The van der Waals surface area contributed by atoms with E-state index in [-0.39, 0.29) is 17.5 Å². The maximum absolute atomic E-state index is 10.9. The largest absolute Gasteiger partial charge is 0.508 e. The highest BCUT2D eigenvalue weighted by Crippen LogP contribution is 2.29. The highest BCUT2D eigenvalue weighted by Gasteiger charge is 2.16. The highest BCUT2D eigenvalue weighted by molar-refractivity contribution is 5.64. The lowest BCUT2D eigenvalue weighted by molar-refractivity contribution is -0.384. The number of nitrogens with one attached hydrogen (secondary N) is 1. The zero-order valence-corrected chi connectivity index (χ0v) is 11.0. The quantitative estimate of drug-likeness (QED) is 0.461. The number of rotatable bonds is 6. The number of anilines is 1. The summed E-state index contributed by atoms with van der Waals surface area (Å²) in [5, 5.41) is 23.3. The van der Waals surface area contributed by atoms with Gasteiger partial charge >= 0.3 is 0 Å². The van der Waals surface area contributed by atoms with E-state index >= 15 is 0 Å². The summed E-state index contributed by atoms with van der Waals surface area (Å²) in [4.78, 5) is 10.4. The first-order valence-electron chi connectivity index (χ1n) is 6.14. The lowest BCUT2D eigenvalue weighted by Crippen LogP contribution is -2.16. The van der Waals surface area contributed by atoms with Crippen molar-refractivity contribution in [3.63, 3.8) is 0 Å². The van der Waals surface area contributed by atoms with Crippen LogP contribution in [0.15, 0.2) is 18.2 Å². The summed E-state index contributed by atoms with van der Waals surface area (Å²) >= 11 is 0. The Morgan fingerprint density at radius 1 is 1.33 bits per heavy atom. The number of nitrogens with zero attached hydrogens (tertiary/aromatic N) is 1. The maximum Gasteiger partial charge on any atom is 0.296 e. The Labute approximate surface area is 107 Å². The molecule has 0 aromatic heterocycles. The second-order valence-electron chi connectivity index (χ2n) is 4.98. The lowest BCUT2D eigenvalue weighted by atomic mass is 10.0. The number of nitro groups is 1. The van der Waals surface area contributed by atoms with Crippen LogP contribution >= 0.6 is 0 Å². The molecule has 0 heterocycles. The molecular formula is C13H20N2O3. The van der Waals surface area contributed by atoms with E-state index < -0.39 is 4.92 Å². The molecular weight excluding hydrogens is 232 g/mol. The van der Waals surface area contributed by atoms with Gasteiger partial charge in [0.05, 0.1) is 11.0 Å². The van der Waals surface area contributed by atoms with Crippen LogP contribution in [-0.2, 0) is 0 Å². The van der Waals surface area contributed by atoms with Crippen LogP contribution in [0.4, 0.5) is 11.4 Å². The third-order valence-electron chi connectivity index (χ3n) is 2.76. The molecule has 0 saturated heterocycles. The zero-order chi connectivity index (χ0) is 13.7. The number of hydrogen-bond donors (Lipinski definition) is 2. The Kier molecular flexibility index (Phi) is 4.95. The second-order valence-corrected chi connectivity index (χ2v) is 4.98. The van der Waals surface area contributed by atoms with Crippen LogP contribution < -0.4 is 5.32 Å². The minimum atomic E-state index is -0.489. The fourth-order valence-corrected chi connectivity index (χ4v) is 1.71. The first-order valence-corrected chi connectivity index (χ1v) is 6.14. The number of phenols is 1. The van der Waals surface area contributed by atoms with Crippen molar-refractivity contribution in [2.24, 2.45) is 5.92 Å². The van der Waals surface area contributed by atoms with Gasteiger partial charge in [0.2, 0.25) is 0 Å². The molecule has 1 unspecified atom stereocenters. The summed E-state index contributed by atoms with van der Waals surface area (Å²) in [6, 6.07) is 4.32. The average molecular weight is 252 g/mol. The fraction of sp³-hybridized carbons (Fsp3) is 0.538. The number of hydrogen-bond acceptors (Lipinski definition) is 4. The monoisotopic (exact) mass is 252 g/mol. The molecule has 0 saturated carbocycles. The third kappa shape index (κ3) is 4.24. The van der Waals surface area contributed by atoms with Crippen LogP contribution in [0.3, 0.4) is 0 Å². The third-order valence-corrected chi connectivity index (χ3v) is 2.76. The van der Waals surface area contributed by atoms with Crippen LogP contribution in [0, 0.1) is 16.0 Å². The average Bonchev–Trinajstić information content (AvgIpc) is 2.28. The van der Waals surface area contributed by atoms with E-state index in [0.717, 1.165) is 18.9 Å². The Balaban J connectivity index is 2.74. The summed E-state index contributed by atoms with van der Waals surface area (Å²) in [5.41, 5.74) is 0.362. The molecule has 1 aromatic carbocycles.